The van der Waals surface area contributed by atoms with Crippen molar-refractivity contribution in [1.29, 1.82) is 0 Å². The van der Waals surface area contributed by atoms with E-state index in [1.165, 1.54) is 0 Å². The van der Waals surface area contributed by atoms with E-state index in [9.17, 15) is 4.79 Å². The first kappa shape index (κ1) is 18.0. The molecule has 0 bridgehead atoms. The van der Waals surface area contributed by atoms with Crippen molar-refractivity contribution >= 4 is 11.4 Å². The maximum atomic E-state index is 12.8. The lowest BCUT2D eigenvalue weighted by atomic mass is 10.2. The number of amides is 1. The summed E-state index contributed by atoms with van der Waals surface area (Å²) in [5.74, 6) is -0.0814. The minimum atomic E-state index is -0.0814. The Hall–Kier alpha value is -3.41. The zero-order chi connectivity index (χ0) is 19.5. The monoisotopic (exact) mass is 373 g/mol. The van der Waals surface area contributed by atoms with Crippen molar-refractivity contribution < 1.29 is 4.79 Å². The molecule has 0 atom stereocenters. The summed E-state index contributed by atoms with van der Waals surface area (Å²) in [7, 11) is 0. The highest BCUT2D eigenvalue weighted by molar-refractivity contribution is 6.02. The first-order valence-corrected chi connectivity index (χ1v) is 9.46. The van der Waals surface area contributed by atoms with Gasteiger partial charge in [0.15, 0.2) is 0 Å². The van der Waals surface area contributed by atoms with Crippen LogP contribution in [0.25, 0.3) is 16.9 Å². The van der Waals surface area contributed by atoms with Crippen LogP contribution in [0, 0.1) is 0 Å². The van der Waals surface area contributed by atoms with Gasteiger partial charge < -0.3 is 9.72 Å². The predicted molar refractivity (Wildman–Crippen MR) is 109 cm³/mol. The molecule has 1 amide bonds. The van der Waals surface area contributed by atoms with Crippen LogP contribution in [-0.4, -0.2) is 31.6 Å². The van der Waals surface area contributed by atoms with E-state index >= 15 is 0 Å². The Morgan fingerprint density at radius 2 is 2.04 bits per heavy atom. The molecule has 1 N–H and O–H groups in total. The summed E-state index contributed by atoms with van der Waals surface area (Å²) in [5, 5.41) is 7.68. The van der Waals surface area contributed by atoms with Crippen LogP contribution in [0.2, 0.25) is 0 Å². The van der Waals surface area contributed by atoms with Gasteiger partial charge in [0.2, 0.25) is 0 Å². The Balaban J connectivity index is 1.59. The first-order chi connectivity index (χ1) is 13.6. The van der Waals surface area contributed by atoms with Crippen molar-refractivity contribution in [2.45, 2.75) is 26.3 Å². The third-order valence-electron chi connectivity index (χ3n) is 4.74. The van der Waals surface area contributed by atoms with E-state index in [1.807, 2.05) is 70.1 Å². The molecule has 0 spiro atoms. The number of carbonyl (C=O) groups is 1. The Kier molecular flexibility index (Phi) is 4.93. The highest BCUT2D eigenvalue weighted by atomic mass is 16.1. The maximum absolute atomic E-state index is 12.8. The van der Waals surface area contributed by atoms with Crippen LogP contribution in [0.3, 0.4) is 0 Å². The zero-order valence-electron chi connectivity index (χ0n) is 16.0. The van der Waals surface area contributed by atoms with Gasteiger partial charge in [0.25, 0.3) is 5.91 Å². The average molecular weight is 373 g/mol. The number of rotatable bonds is 6. The Labute approximate surface area is 163 Å². The third-order valence-corrected chi connectivity index (χ3v) is 4.74. The Morgan fingerprint density at radius 1 is 1.14 bits per heavy atom. The fraction of sp³-hybridized carbons (Fsp3) is 0.227. The minimum absolute atomic E-state index is 0.0814. The molecule has 6 nitrogen and oxygen atoms in total. The summed E-state index contributed by atoms with van der Waals surface area (Å²) < 4.78 is 3.94. The number of nitrogens with one attached hydrogen (secondary N) is 1. The number of hydrogen-bond acceptors (Lipinski definition) is 3. The van der Waals surface area contributed by atoms with Crippen molar-refractivity contribution in [2.75, 3.05) is 6.54 Å². The molecule has 6 heteroatoms. The van der Waals surface area contributed by atoms with Gasteiger partial charge in [-0.2, -0.15) is 5.10 Å². The lowest BCUT2D eigenvalue weighted by molar-refractivity contribution is 0.0956. The molecule has 28 heavy (non-hydrogen) atoms. The van der Waals surface area contributed by atoms with Crippen LogP contribution in [0.1, 0.15) is 35.8 Å². The van der Waals surface area contributed by atoms with E-state index in [1.54, 1.807) is 6.20 Å². The molecule has 4 heterocycles. The second-order valence-corrected chi connectivity index (χ2v) is 7.04. The lowest BCUT2D eigenvalue weighted by Gasteiger charge is -2.05. The highest BCUT2D eigenvalue weighted by Crippen LogP contribution is 2.25. The van der Waals surface area contributed by atoms with Crippen LogP contribution < -0.4 is 5.32 Å². The van der Waals surface area contributed by atoms with Gasteiger partial charge in [0.1, 0.15) is 5.69 Å². The van der Waals surface area contributed by atoms with E-state index in [-0.39, 0.29) is 11.9 Å². The van der Waals surface area contributed by atoms with Crippen molar-refractivity contribution in [3.63, 3.8) is 0 Å². The minimum Gasteiger partial charge on any atom is -0.352 e. The fourth-order valence-corrected chi connectivity index (χ4v) is 3.26. The van der Waals surface area contributed by atoms with Crippen molar-refractivity contribution in [2.24, 2.45) is 0 Å². The molecule has 4 rings (SSSR count). The molecule has 0 aliphatic heterocycles. The second kappa shape index (κ2) is 7.68. The Morgan fingerprint density at radius 3 is 2.79 bits per heavy atom. The molecule has 0 unspecified atom stereocenters. The molecule has 0 saturated carbocycles. The summed E-state index contributed by atoms with van der Waals surface area (Å²) >= 11 is 0. The summed E-state index contributed by atoms with van der Waals surface area (Å²) in [5.41, 5.74) is 4.39. The number of fused-ring (bicyclic) bond motifs is 1. The molecule has 0 saturated heterocycles. The van der Waals surface area contributed by atoms with Crippen LogP contribution in [0.4, 0.5) is 0 Å². The summed E-state index contributed by atoms with van der Waals surface area (Å²) in [6.45, 7) is 4.74. The second-order valence-electron chi connectivity index (χ2n) is 7.04. The summed E-state index contributed by atoms with van der Waals surface area (Å²) in [6, 6.07) is 14.0. The average Bonchev–Trinajstić information content (AvgIpc) is 3.34. The molecule has 4 aromatic rings. The number of aromatic nitrogens is 4. The molecule has 0 aliphatic carbocycles. The zero-order valence-corrected chi connectivity index (χ0v) is 16.0. The molecule has 0 fully saturated rings. The topological polar surface area (TPSA) is 64.2 Å². The third kappa shape index (κ3) is 3.53. The van der Waals surface area contributed by atoms with Crippen LogP contribution in [0.15, 0.2) is 67.3 Å². The van der Waals surface area contributed by atoms with E-state index in [2.05, 4.69) is 29.2 Å². The standard InChI is InChI=1S/C22H23N5O/c1-16(2)27-13-9-19(25-27)21-14-18(20-7-3-4-12-26(20)21)22(28)24-11-8-17-6-5-10-23-15-17/h3-7,9-10,12-16H,8,11H2,1-2H3,(H,24,28). The normalized spacial score (nSPS) is 11.2. The van der Waals surface area contributed by atoms with Gasteiger partial charge in [-0.1, -0.05) is 12.1 Å². The quantitative estimate of drug-likeness (QED) is 0.560. The van der Waals surface area contributed by atoms with Gasteiger partial charge in [-0.3, -0.25) is 14.5 Å². The first-order valence-electron chi connectivity index (χ1n) is 9.46. The van der Waals surface area contributed by atoms with E-state index < -0.39 is 0 Å². The molecule has 4 aromatic heterocycles. The largest absolute Gasteiger partial charge is 0.352 e. The molecular formula is C22H23N5O. The number of hydrogen-bond donors (Lipinski definition) is 1. The molecule has 0 aliphatic rings. The van der Waals surface area contributed by atoms with Gasteiger partial charge >= 0.3 is 0 Å². The van der Waals surface area contributed by atoms with Gasteiger partial charge in [-0.05, 0) is 56.2 Å². The van der Waals surface area contributed by atoms with Crippen molar-refractivity contribution in [3.8, 4) is 11.4 Å². The molecule has 142 valence electrons. The van der Waals surface area contributed by atoms with Crippen LogP contribution >= 0.6 is 0 Å². The maximum Gasteiger partial charge on any atom is 0.253 e. The fourth-order valence-electron chi connectivity index (χ4n) is 3.26. The van der Waals surface area contributed by atoms with Gasteiger partial charge in [0, 0.05) is 37.4 Å². The van der Waals surface area contributed by atoms with Crippen LogP contribution in [-0.2, 0) is 6.42 Å². The smallest absolute Gasteiger partial charge is 0.253 e. The number of nitrogens with zero attached hydrogens (tertiary/aromatic N) is 4. The van der Waals surface area contributed by atoms with Gasteiger partial charge in [-0.25, -0.2) is 0 Å². The van der Waals surface area contributed by atoms with E-state index in [4.69, 9.17) is 0 Å². The van der Waals surface area contributed by atoms with E-state index in [0.717, 1.165) is 28.9 Å². The van der Waals surface area contributed by atoms with E-state index in [0.29, 0.717) is 12.1 Å². The van der Waals surface area contributed by atoms with Crippen LogP contribution in [0.5, 0.6) is 0 Å². The van der Waals surface area contributed by atoms with Gasteiger partial charge in [0.05, 0.1) is 16.8 Å². The van der Waals surface area contributed by atoms with Gasteiger partial charge in [-0.15, -0.1) is 0 Å². The lowest BCUT2D eigenvalue weighted by Crippen LogP contribution is -2.25. The number of carbonyl (C=O) groups excluding carboxylic acids is 1. The molecule has 0 radical (unpaired) electrons. The van der Waals surface area contributed by atoms with Crippen molar-refractivity contribution in [3.05, 3.63) is 78.4 Å². The van der Waals surface area contributed by atoms with Crippen molar-refractivity contribution in [1.82, 2.24) is 24.5 Å². The molecular weight excluding hydrogens is 350 g/mol. The predicted octanol–water partition coefficient (Wildman–Crippen LogP) is 3.75. The molecule has 0 aromatic carbocycles. The Bertz CT molecular complexity index is 1090. The SMILES string of the molecule is CC(C)n1ccc(-c2cc(C(=O)NCCc3cccnc3)c3ccccn23)n1. The summed E-state index contributed by atoms with van der Waals surface area (Å²) in [6.07, 6.45) is 8.25. The summed E-state index contributed by atoms with van der Waals surface area (Å²) in [4.78, 5) is 16.9. The number of pyridine rings is 2. The highest BCUT2D eigenvalue weighted by Gasteiger charge is 2.17.